The molecule has 6 heteroatoms. The van der Waals surface area contributed by atoms with Crippen LogP contribution in [0.3, 0.4) is 0 Å². The van der Waals surface area contributed by atoms with Crippen molar-refractivity contribution >= 4 is 12.1 Å². The first-order chi connectivity index (χ1) is 10.2. The number of amides is 1. The van der Waals surface area contributed by atoms with Crippen LogP contribution in [0.25, 0.3) is 0 Å². The lowest BCUT2D eigenvalue weighted by Gasteiger charge is -2.26. The minimum absolute atomic E-state index is 0.0996. The summed E-state index contributed by atoms with van der Waals surface area (Å²) in [6.07, 6.45) is -0.504. The van der Waals surface area contributed by atoms with Crippen LogP contribution in [-0.4, -0.2) is 43.8 Å². The summed E-state index contributed by atoms with van der Waals surface area (Å²) in [5.74, 6) is 1.40. The number of rotatable bonds is 4. The van der Waals surface area contributed by atoms with Gasteiger partial charge >= 0.3 is 6.09 Å². The molecule has 1 aliphatic rings. The number of carbonyl (C=O) groups is 1. The zero-order valence-corrected chi connectivity index (χ0v) is 12.6. The van der Waals surface area contributed by atoms with Gasteiger partial charge in [-0.1, -0.05) is 12.1 Å². The fourth-order valence-electron chi connectivity index (χ4n) is 2.40. The number of alkyl carbamates (subject to hydrolysis) is 1. The Morgan fingerprint density at radius 3 is 2.95 bits per heavy atom. The molecule has 6 nitrogen and oxygen atoms in total. The Bertz CT molecular complexity index is 531. The van der Waals surface area contributed by atoms with E-state index >= 15 is 0 Å². The number of nitrogens with zero attached hydrogens (tertiary/aromatic N) is 2. The Morgan fingerprint density at radius 1 is 1.48 bits per heavy atom. The van der Waals surface area contributed by atoms with Crippen LogP contribution in [0, 0.1) is 0 Å². The second-order valence-electron chi connectivity index (χ2n) is 4.59. The van der Waals surface area contributed by atoms with E-state index in [9.17, 15) is 4.79 Å². The van der Waals surface area contributed by atoms with Crippen molar-refractivity contribution in [2.24, 2.45) is 4.99 Å². The largest absolute Gasteiger partial charge is 0.494 e. The van der Waals surface area contributed by atoms with Crippen molar-refractivity contribution in [2.75, 3.05) is 26.8 Å². The Hall–Kier alpha value is -2.24. The van der Waals surface area contributed by atoms with Gasteiger partial charge in [-0.2, -0.15) is 0 Å². The molecule has 1 heterocycles. The summed E-state index contributed by atoms with van der Waals surface area (Å²) in [6.45, 7) is 5.97. The van der Waals surface area contributed by atoms with Crippen molar-refractivity contribution in [2.45, 2.75) is 19.9 Å². The van der Waals surface area contributed by atoms with Gasteiger partial charge in [0, 0.05) is 6.54 Å². The summed E-state index contributed by atoms with van der Waals surface area (Å²) in [4.78, 5) is 17.8. The summed E-state index contributed by atoms with van der Waals surface area (Å²) in [5.41, 5.74) is 1.12. The molecule has 114 valence electrons. The highest BCUT2D eigenvalue weighted by atomic mass is 16.5. The van der Waals surface area contributed by atoms with Crippen molar-refractivity contribution < 1.29 is 14.3 Å². The standard InChI is InChI=1S/C15H21N3O3/c1-4-18-13(10-16-14(18)17-15(19)20-3)11-7-6-8-12(9-11)21-5-2/h6-9,13H,4-5,10H2,1-3H3,(H,16,17,19). The predicted octanol–water partition coefficient (Wildman–Crippen LogP) is 2.17. The van der Waals surface area contributed by atoms with E-state index in [1.807, 2.05) is 43.0 Å². The van der Waals surface area contributed by atoms with E-state index in [0.717, 1.165) is 17.9 Å². The number of aliphatic imine (C=N–C) groups is 1. The Kier molecular flexibility index (Phi) is 5.03. The van der Waals surface area contributed by atoms with E-state index in [0.29, 0.717) is 19.1 Å². The maximum atomic E-state index is 11.4. The highest BCUT2D eigenvalue weighted by molar-refractivity contribution is 5.95. The van der Waals surface area contributed by atoms with Gasteiger partial charge in [0.25, 0.3) is 0 Å². The van der Waals surface area contributed by atoms with E-state index in [1.54, 1.807) is 0 Å². The summed E-state index contributed by atoms with van der Waals surface area (Å²) >= 11 is 0. The van der Waals surface area contributed by atoms with Gasteiger partial charge in [-0.15, -0.1) is 0 Å². The predicted molar refractivity (Wildman–Crippen MR) is 80.6 cm³/mol. The molecule has 1 atom stereocenters. The molecule has 0 aromatic heterocycles. The van der Waals surface area contributed by atoms with Crippen molar-refractivity contribution in [1.82, 2.24) is 10.2 Å². The molecule has 1 aromatic rings. The molecular weight excluding hydrogens is 270 g/mol. The number of methoxy groups -OCH3 is 1. The zero-order valence-electron chi connectivity index (χ0n) is 12.6. The molecule has 1 amide bonds. The van der Waals surface area contributed by atoms with Crippen LogP contribution >= 0.6 is 0 Å². The third-order valence-corrected chi connectivity index (χ3v) is 3.36. The van der Waals surface area contributed by atoms with Crippen molar-refractivity contribution in [3.05, 3.63) is 29.8 Å². The third kappa shape index (κ3) is 3.45. The molecule has 2 rings (SSSR count). The fraction of sp³-hybridized carbons (Fsp3) is 0.467. The molecule has 0 fully saturated rings. The third-order valence-electron chi connectivity index (χ3n) is 3.36. The van der Waals surface area contributed by atoms with Crippen LogP contribution in [0.2, 0.25) is 0 Å². The highest BCUT2D eigenvalue weighted by Gasteiger charge is 2.29. The molecule has 1 aliphatic heterocycles. The number of nitrogens with one attached hydrogen (secondary N) is 1. The Morgan fingerprint density at radius 2 is 2.29 bits per heavy atom. The fourth-order valence-corrected chi connectivity index (χ4v) is 2.40. The minimum atomic E-state index is -0.504. The highest BCUT2D eigenvalue weighted by Crippen LogP contribution is 2.28. The molecule has 1 unspecified atom stereocenters. The van der Waals surface area contributed by atoms with Crippen molar-refractivity contribution in [1.29, 1.82) is 0 Å². The van der Waals surface area contributed by atoms with Gasteiger partial charge in [0.05, 0.1) is 26.3 Å². The van der Waals surface area contributed by atoms with Crippen molar-refractivity contribution in [3.8, 4) is 5.75 Å². The first kappa shape index (κ1) is 15.2. The second kappa shape index (κ2) is 6.97. The summed E-state index contributed by atoms with van der Waals surface area (Å²) < 4.78 is 10.2. The van der Waals surface area contributed by atoms with Gasteiger partial charge in [-0.25, -0.2) is 4.79 Å². The maximum Gasteiger partial charge on any atom is 0.413 e. The van der Waals surface area contributed by atoms with Gasteiger partial charge in [0.15, 0.2) is 0 Å². The van der Waals surface area contributed by atoms with Crippen LogP contribution in [0.5, 0.6) is 5.75 Å². The number of carbonyl (C=O) groups excluding carboxylic acids is 1. The second-order valence-corrected chi connectivity index (χ2v) is 4.59. The average Bonchev–Trinajstić information content (AvgIpc) is 2.90. The summed E-state index contributed by atoms with van der Waals surface area (Å²) in [6, 6.07) is 8.08. The van der Waals surface area contributed by atoms with E-state index in [2.05, 4.69) is 15.0 Å². The van der Waals surface area contributed by atoms with E-state index < -0.39 is 6.09 Å². The first-order valence-electron chi connectivity index (χ1n) is 7.08. The normalized spacial score (nSPS) is 17.4. The van der Waals surface area contributed by atoms with E-state index in [1.165, 1.54) is 7.11 Å². The molecule has 0 bridgehead atoms. The molecule has 0 aliphatic carbocycles. The Labute approximate surface area is 124 Å². The number of guanidine groups is 1. The van der Waals surface area contributed by atoms with Crippen LogP contribution in [0.4, 0.5) is 4.79 Å². The van der Waals surface area contributed by atoms with Gasteiger partial charge in [-0.3, -0.25) is 10.3 Å². The van der Waals surface area contributed by atoms with Crippen LogP contribution in [0.15, 0.2) is 29.3 Å². The minimum Gasteiger partial charge on any atom is -0.494 e. The van der Waals surface area contributed by atoms with E-state index in [4.69, 9.17) is 4.74 Å². The smallest absolute Gasteiger partial charge is 0.413 e. The molecular formula is C15H21N3O3. The quantitative estimate of drug-likeness (QED) is 0.923. The molecule has 1 aromatic carbocycles. The number of likely N-dealkylation sites (N-methyl/N-ethyl adjacent to an activating group) is 1. The van der Waals surface area contributed by atoms with E-state index in [-0.39, 0.29) is 6.04 Å². The number of hydrogen-bond acceptors (Lipinski definition) is 5. The van der Waals surface area contributed by atoms with Gasteiger partial charge in [-0.05, 0) is 31.5 Å². The molecule has 21 heavy (non-hydrogen) atoms. The average molecular weight is 291 g/mol. The van der Waals surface area contributed by atoms with Crippen LogP contribution in [0.1, 0.15) is 25.5 Å². The van der Waals surface area contributed by atoms with Crippen molar-refractivity contribution in [3.63, 3.8) is 0 Å². The summed E-state index contributed by atoms with van der Waals surface area (Å²) in [7, 11) is 1.34. The van der Waals surface area contributed by atoms with Gasteiger partial charge in [0.2, 0.25) is 5.96 Å². The first-order valence-corrected chi connectivity index (χ1v) is 7.08. The maximum absolute atomic E-state index is 11.4. The monoisotopic (exact) mass is 291 g/mol. The van der Waals surface area contributed by atoms with Crippen LogP contribution in [-0.2, 0) is 4.74 Å². The van der Waals surface area contributed by atoms with Gasteiger partial charge in [0.1, 0.15) is 5.75 Å². The van der Waals surface area contributed by atoms with Crippen LogP contribution < -0.4 is 10.1 Å². The molecule has 0 spiro atoms. The molecule has 0 saturated carbocycles. The number of ether oxygens (including phenoxy) is 2. The van der Waals surface area contributed by atoms with Gasteiger partial charge < -0.3 is 14.4 Å². The molecule has 0 radical (unpaired) electrons. The topological polar surface area (TPSA) is 63.2 Å². The molecule has 1 N–H and O–H groups in total. The lowest BCUT2D eigenvalue weighted by Crippen LogP contribution is -2.42. The number of benzene rings is 1. The lowest BCUT2D eigenvalue weighted by atomic mass is 10.1. The SMILES string of the molecule is CCOc1cccc(C2CN=C(NC(=O)OC)N2CC)c1. The summed E-state index contributed by atoms with van der Waals surface area (Å²) in [5, 5.41) is 2.65. The number of hydrogen-bond donors (Lipinski definition) is 1. The Balaban J connectivity index is 2.14. The zero-order chi connectivity index (χ0) is 15.2. The lowest BCUT2D eigenvalue weighted by molar-refractivity contribution is 0.175. The molecule has 0 saturated heterocycles.